The molecule has 4 N–H and O–H groups in total. The topological polar surface area (TPSA) is 110 Å². The van der Waals surface area contributed by atoms with E-state index in [1.165, 1.54) is 5.39 Å². The van der Waals surface area contributed by atoms with Crippen LogP contribution in [0.2, 0.25) is 0 Å². The summed E-state index contributed by atoms with van der Waals surface area (Å²) < 4.78 is 5.41. The molecule has 0 amide bonds. The van der Waals surface area contributed by atoms with Crippen molar-refractivity contribution in [2.75, 3.05) is 24.0 Å². The number of carbonyl (C=O) groups excluding carboxylic acids is 1. The summed E-state index contributed by atoms with van der Waals surface area (Å²) in [6, 6.07) is 16.2. The minimum absolute atomic E-state index is 0. The number of imidazole rings is 1. The monoisotopic (exact) mass is 574 g/mol. The fraction of sp³-hybridized carbons (Fsp3) is 0.143. The summed E-state index contributed by atoms with van der Waals surface area (Å²) in [7, 11) is 1.91. The van der Waals surface area contributed by atoms with Gasteiger partial charge in [-0.3, -0.25) is 4.79 Å². The number of aromatic nitrogens is 3. The smallest absolute Gasteiger partial charge is 0.586 e. The first kappa shape index (κ1) is 23.2. The number of rotatable bonds is 7. The second-order valence-corrected chi connectivity index (χ2v) is 6.21. The zero-order valence-electron chi connectivity index (χ0n) is 16.4. The molecule has 2 aromatic carbocycles. The van der Waals surface area contributed by atoms with Crippen molar-refractivity contribution in [3.8, 4) is 5.75 Å². The average Bonchev–Trinajstić information content (AvgIpc) is 3.44. The van der Waals surface area contributed by atoms with E-state index in [0.717, 1.165) is 16.9 Å². The Morgan fingerprint density at radius 1 is 1.30 bits per heavy atom. The van der Waals surface area contributed by atoms with Crippen LogP contribution >= 0.6 is 0 Å². The van der Waals surface area contributed by atoms with Gasteiger partial charge in [0.05, 0.1) is 24.3 Å². The van der Waals surface area contributed by atoms with Crippen LogP contribution in [0.5, 0.6) is 5.75 Å². The van der Waals surface area contributed by atoms with Crippen molar-refractivity contribution in [2.45, 2.75) is 6.54 Å². The third-order valence-corrected chi connectivity index (χ3v) is 4.18. The van der Waals surface area contributed by atoms with Gasteiger partial charge in [0, 0.05) is 25.0 Å². The summed E-state index contributed by atoms with van der Waals surface area (Å²) in [6.07, 6.45) is 6.00. The predicted octanol–water partition coefficient (Wildman–Crippen LogP) is 3.97. The number of carbonyl (C=O) groups is 1. The molecule has 2 aromatic heterocycles. The number of hydrogen-bond donors (Lipinski definition) is 3. The van der Waals surface area contributed by atoms with Gasteiger partial charge in [0.2, 0.25) is 0 Å². The van der Waals surface area contributed by atoms with Gasteiger partial charge in [0.1, 0.15) is 12.4 Å². The molecule has 0 unspecified atom stereocenters. The van der Waals surface area contributed by atoms with Gasteiger partial charge in [-0.1, -0.05) is 11.6 Å². The summed E-state index contributed by atoms with van der Waals surface area (Å²) in [5.74, 6) is 7.70. The number of benzene rings is 2. The van der Waals surface area contributed by atoms with Crippen molar-refractivity contribution in [2.24, 2.45) is 0 Å². The molecule has 0 saturated heterocycles. The van der Waals surface area contributed by atoms with E-state index in [-0.39, 0.29) is 27.7 Å². The van der Waals surface area contributed by atoms with E-state index in [9.17, 15) is 4.79 Å². The van der Waals surface area contributed by atoms with Gasteiger partial charge in [-0.2, -0.15) is 24.3 Å². The van der Waals surface area contributed by atoms with Crippen molar-refractivity contribution < 1.29 is 30.6 Å². The third-order valence-electron chi connectivity index (χ3n) is 4.18. The molecule has 0 saturated carbocycles. The summed E-state index contributed by atoms with van der Waals surface area (Å²) in [5.41, 5.74) is 5.86. The second-order valence-electron chi connectivity index (χ2n) is 6.21. The molecule has 154 valence electrons. The number of H-pyrrole nitrogens is 2. The molecule has 0 fully saturated rings. The molecule has 30 heavy (non-hydrogen) atoms. The van der Waals surface area contributed by atoms with Crippen LogP contribution in [-0.4, -0.2) is 34.9 Å². The van der Waals surface area contributed by atoms with Crippen LogP contribution in [0.1, 0.15) is 5.69 Å². The van der Waals surface area contributed by atoms with Crippen LogP contribution < -0.4 is 15.1 Å². The number of nitrogens with zero attached hydrogens (tertiary/aromatic N) is 2. The van der Waals surface area contributed by atoms with Gasteiger partial charge in [0.25, 0.3) is 0 Å². The van der Waals surface area contributed by atoms with E-state index in [2.05, 4.69) is 26.4 Å². The Balaban J connectivity index is 0.000000266. The molecule has 0 aliphatic rings. The van der Waals surface area contributed by atoms with E-state index in [1.807, 2.05) is 48.5 Å². The van der Waals surface area contributed by atoms with E-state index in [4.69, 9.17) is 10.6 Å². The molecule has 0 aliphatic carbocycles. The number of fused-ring (bicyclic) bond motifs is 1. The number of aldehydes is 1. The van der Waals surface area contributed by atoms with E-state index < -0.39 is 0 Å². The van der Waals surface area contributed by atoms with Crippen molar-refractivity contribution >= 4 is 28.6 Å². The summed E-state index contributed by atoms with van der Waals surface area (Å²) in [4.78, 5) is 22.5. The standard InChI is InChI=1S/C13H16N5O2.C8H6N.W/c1-18(8-11-7-15-9-16-11)12-3-2-10(17-14)6-13(12)20-5-4-19;1-2-4-8-7(3-1)5-6-9-8;/h2-4,6-7,9,14,17H,5,8H2,1H3,(H,15,16);1,3-6,9H;/q2*-1;+2. The number of ether oxygens (including phenoxy) is 1. The zero-order valence-corrected chi connectivity index (χ0v) is 19.3. The van der Waals surface area contributed by atoms with E-state index >= 15 is 0 Å². The Morgan fingerprint density at radius 2 is 2.17 bits per heavy atom. The van der Waals surface area contributed by atoms with Crippen LogP contribution in [0.4, 0.5) is 11.4 Å². The third kappa shape index (κ3) is 6.20. The second kappa shape index (κ2) is 11.8. The minimum Gasteiger partial charge on any atom is -0.586 e. The predicted molar refractivity (Wildman–Crippen MR) is 114 cm³/mol. The minimum atomic E-state index is -0.0215. The molecule has 9 heteroatoms. The molecular weight excluding hydrogens is 552 g/mol. The Hall–Kier alpha value is -3.09. The molecular formula is C21H22N6O2W. The number of anilines is 2. The Morgan fingerprint density at radius 3 is 2.87 bits per heavy atom. The first-order valence-electron chi connectivity index (χ1n) is 8.96. The molecule has 0 atom stereocenters. The van der Waals surface area contributed by atoms with Crippen molar-refractivity contribution in [3.63, 3.8) is 0 Å². The molecule has 0 bridgehead atoms. The van der Waals surface area contributed by atoms with Crippen LogP contribution in [0, 0.1) is 6.07 Å². The largest absolute Gasteiger partial charge is 2.00 e. The maximum absolute atomic E-state index is 10.5. The average molecular weight is 574 g/mol. The maximum Gasteiger partial charge on any atom is 2.00 e. The zero-order chi connectivity index (χ0) is 20.5. The number of aromatic amines is 2. The van der Waals surface area contributed by atoms with Crippen LogP contribution in [0.3, 0.4) is 0 Å². The number of hydrogen-bond acceptors (Lipinski definition) is 5. The van der Waals surface area contributed by atoms with Crippen LogP contribution in [0.15, 0.2) is 61.2 Å². The summed E-state index contributed by atoms with van der Waals surface area (Å²) in [6.45, 7) is 0.609. The Labute approximate surface area is 189 Å². The first-order valence-corrected chi connectivity index (χ1v) is 8.96. The van der Waals surface area contributed by atoms with Crippen LogP contribution in [0.25, 0.3) is 16.7 Å². The molecule has 0 aliphatic heterocycles. The van der Waals surface area contributed by atoms with Gasteiger partial charge in [0.15, 0.2) is 6.29 Å². The van der Waals surface area contributed by atoms with Gasteiger partial charge in [-0.25, -0.2) is 4.98 Å². The molecule has 2 heterocycles. The molecule has 8 nitrogen and oxygen atoms in total. The van der Waals surface area contributed by atoms with Gasteiger partial charge in [-0.15, -0.1) is 5.39 Å². The fourth-order valence-corrected chi connectivity index (χ4v) is 2.79. The van der Waals surface area contributed by atoms with Gasteiger partial charge >= 0.3 is 21.1 Å². The van der Waals surface area contributed by atoms with Crippen molar-refractivity contribution in [1.82, 2.24) is 15.0 Å². The quantitative estimate of drug-likeness (QED) is 0.176. The molecule has 0 radical (unpaired) electrons. The Kier molecular flexibility index (Phi) is 9.12. The maximum atomic E-state index is 10.5. The summed E-state index contributed by atoms with van der Waals surface area (Å²) in [5, 5.41) is 1.24. The van der Waals surface area contributed by atoms with Gasteiger partial charge < -0.3 is 30.9 Å². The Bertz CT molecular complexity index is 1000. The fourth-order valence-electron chi connectivity index (χ4n) is 2.79. The normalized spacial score (nSPS) is 9.80. The first-order chi connectivity index (χ1) is 14.2. The van der Waals surface area contributed by atoms with E-state index in [0.29, 0.717) is 24.3 Å². The number of nitrogens with one attached hydrogen (secondary N) is 4. The van der Waals surface area contributed by atoms with Crippen molar-refractivity contribution in [3.05, 3.63) is 78.8 Å². The van der Waals surface area contributed by atoms with Crippen molar-refractivity contribution in [1.29, 1.82) is 0 Å². The van der Waals surface area contributed by atoms with E-state index in [1.54, 1.807) is 24.7 Å². The van der Waals surface area contributed by atoms with Gasteiger partial charge in [-0.05, 0) is 18.3 Å². The molecule has 4 aromatic rings. The molecule has 4 rings (SSSR count). The molecule has 0 spiro atoms. The van der Waals surface area contributed by atoms with Crippen LogP contribution in [-0.2, 0) is 32.4 Å². The summed E-state index contributed by atoms with van der Waals surface area (Å²) >= 11 is 0. The SMILES string of the molecule is CN(Cc1cnc[nH]1)c1ccc(N[NH-])cc1OCC=O.[W+2].[c-]1ccc2cc[nH]c2c1.